The van der Waals surface area contributed by atoms with Gasteiger partial charge in [-0.25, -0.2) is 4.98 Å². The van der Waals surface area contributed by atoms with Crippen LogP contribution in [0.1, 0.15) is 38.1 Å². The highest BCUT2D eigenvalue weighted by Crippen LogP contribution is 2.22. The van der Waals surface area contributed by atoms with Crippen molar-refractivity contribution in [3.05, 3.63) is 18.2 Å². The van der Waals surface area contributed by atoms with Gasteiger partial charge in [-0.3, -0.25) is 9.69 Å². The fraction of sp³-hybridized carbons (Fsp3) is 0.750. The zero-order chi connectivity index (χ0) is 15.5. The minimum atomic E-state index is 0.179. The number of likely N-dealkylation sites (tertiary alicyclic amines) is 1. The van der Waals surface area contributed by atoms with Gasteiger partial charge in [0.2, 0.25) is 5.91 Å². The van der Waals surface area contributed by atoms with E-state index in [0.717, 1.165) is 44.8 Å². The van der Waals surface area contributed by atoms with Crippen molar-refractivity contribution >= 4 is 5.91 Å². The average molecular weight is 305 g/mol. The lowest BCUT2D eigenvalue weighted by atomic mass is 10.0. The third kappa shape index (κ3) is 3.17. The molecule has 6 heteroatoms. The number of hydrogen-bond donors (Lipinski definition) is 1. The Balaban J connectivity index is 1.69. The van der Waals surface area contributed by atoms with Crippen LogP contribution in [0.15, 0.2) is 12.4 Å². The molecule has 3 rings (SSSR count). The van der Waals surface area contributed by atoms with Crippen LogP contribution in [-0.4, -0.2) is 64.0 Å². The SMILES string of the molecule is CC1CCCCN1C(=O)CN1CCNCC1c1nccn1C. The Morgan fingerprint density at radius 3 is 3.00 bits per heavy atom. The van der Waals surface area contributed by atoms with E-state index in [9.17, 15) is 4.79 Å². The first-order valence-corrected chi connectivity index (χ1v) is 8.38. The van der Waals surface area contributed by atoms with Gasteiger partial charge in [-0.2, -0.15) is 0 Å². The van der Waals surface area contributed by atoms with Crippen molar-refractivity contribution in [1.29, 1.82) is 0 Å². The number of piperidine rings is 1. The molecule has 2 atom stereocenters. The number of amides is 1. The number of aromatic nitrogens is 2. The largest absolute Gasteiger partial charge is 0.339 e. The Hall–Kier alpha value is -1.40. The molecule has 1 amide bonds. The maximum atomic E-state index is 12.7. The van der Waals surface area contributed by atoms with Gasteiger partial charge in [0.1, 0.15) is 5.82 Å². The Kier molecular flexibility index (Phi) is 4.78. The normalized spacial score (nSPS) is 27.1. The average Bonchev–Trinajstić information content (AvgIpc) is 2.94. The zero-order valence-electron chi connectivity index (χ0n) is 13.7. The number of rotatable bonds is 3. The van der Waals surface area contributed by atoms with E-state index in [1.807, 2.05) is 19.4 Å². The third-order valence-electron chi connectivity index (χ3n) is 4.97. The predicted molar refractivity (Wildman–Crippen MR) is 85.4 cm³/mol. The second-order valence-corrected chi connectivity index (χ2v) is 6.52. The Morgan fingerprint density at radius 2 is 2.27 bits per heavy atom. The summed E-state index contributed by atoms with van der Waals surface area (Å²) in [5, 5.41) is 3.42. The second-order valence-electron chi connectivity index (χ2n) is 6.52. The van der Waals surface area contributed by atoms with E-state index in [0.29, 0.717) is 12.6 Å². The molecule has 2 fully saturated rings. The molecular weight excluding hydrogens is 278 g/mol. The van der Waals surface area contributed by atoms with E-state index < -0.39 is 0 Å². The minimum Gasteiger partial charge on any atom is -0.339 e. The van der Waals surface area contributed by atoms with E-state index in [1.165, 1.54) is 6.42 Å². The molecule has 0 aromatic carbocycles. The number of carbonyl (C=O) groups is 1. The van der Waals surface area contributed by atoms with Gasteiger partial charge in [-0.15, -0.1) is 0 Å². The highest BCUT2D eigenvalue weighted by molar-refractivity contribution is 5.78. The molecule has 22 heavy (non-hydrogen) atoms. The van der Waals surface area contributed by atoms with Crippen molar-refractivity contribution < 1.29 is 4.79 Å². The summed E-state index contributed by atoms with van der Waals surface area (Å²) in [6.07, 6.45) is 7.32. The topological polar surface area (TPSA) is 53.4 Å². The third-order valence-corrected chi connectivity index (χ3v) is 4.97. The lowest BCUT2D eigenvalue weighted by Gasteiger charge is -2.39. The Morgan fingerprint density at radius 1 is 1.41 bits per heavy atom. The van der Waals surface area contributed by atoms with Gasteiger partial charge >= 0.3 is 0 Å². The lowest BCUT2D eigenvalue weighted by molar-refractivity contribution is -0.136. The zero-order valence-corrected chi connectivity index (χ0v) is 13.7. The molecule has 1 N–H and O–H groups in total. The number of nitrogens with one attached hydrogen (secondary N) is 1. The van der Waals surface area contributed by atoms with Crippen LogP contribution in [0.25, 0.3) is 0 Å². The Bertz CT molecular complexity index is 514. The quantitative estimate of drug-likeness (QED) is 0.896. The van der Waals surface area contributed by atoms with Gasteiger partial charge in [-0.1, -0.05) is 0 Å². The van der Waals surface area contributed by atoms with Gasteiger partial charge in [0, 0.05) is 51.7 Å². The molecule has 3 heterocycles. The number of nitrogens with zero attached hydrogens (tertiary/aromatic N) is 4. The second kappa shape index (κ2) is 6.79. The first kappa shape index (κ1) is 15.5. The first-order chi connectivity index (χ1) is 10.7. The first-order valence-electron chi connectivity index (χ1n) is 8.38. The van der Waals surface area contributed by atoms with Gasteiger partial charge in [0.15, 0.2) is 0 Å². The van der Waals surface area contributed by atoms with E-state index in [2.05, 4.69) is 31.6 Å². The molecule has 122 valence electrons. The highest BCUT2D eigenvalue weighted by Gasteiger charge is 2.31. The molecule has 0 spiro atoms. The summed E-state index contributed by atoms with van der Waals surface area (Å²) in [5.41, 5.74) is 0. The standard InChI is InChI=1S/C16H27N5O/c1-13-5-3-4-8-21(13)15(22)12-20-10-6-17-11-14(20)16-18-7-9-19(16)2/h7,9,13-14,17H,3-6,8,10-12H2,1-2H3. The van der Waals surface area contributed by atoms with Crippen molar-refractivity contribution in [2.45, 2.75) is 38.3 Å². The van der Waals surface area contributed by atoms with Crippen molar-refractivity contribution in [1.82, 2.24) is 24.7 Å². The Labute approximate surface area is 132 Å². The molecule has 1 aromatic rings. The lowest BCUT2D eigenvalue weighted by Crippen LogP contribution is -2.52. The molecule has 2 unspecified atom stereocenters. The molecule has 2 saturated heterocycles. The fourth-order valence-electron chi connectivity index (χ4n) is 3.62. The van der Waals surface area contributed by atoms with Crippen molar-refractivity contribution in [2.24, 2.45) is 7.05 Å². The number of piperazine rings is 1. The predicted octanol–water partition coefficient (Wildman–Crippen LogP) is 0.767. The van der Waals surface area contributed by atoms with E-state index in [4.69, 9.17) is 0 Å². The summed E-state index contributed by atoms with van der Waals surface area (Å²) < 4.78 is 2.05. The van der Waals surface area contributed by atoms with Crippen LogP contribution in [0.5, 0.6) is 0 Å². The van der Waals surface area contributed by atoms with Crippen LogP contribution in [0.3, 0.4) is 0 Å². The molecule has 6 nitrogen and oxygen atoms in total. The molecule has 2 aliphatic rings. The van der Waals surface area contributed by atoms with E-state index >= 15 is 0 Å². The molecule has 0 radical (unpaired) electrons. The van der Waals surface area contributed by atoms with Crippen molar-refractivity contribution in [2.75, 3.05) is 32.7 Å². The maximum absolute atomic E-state index is 12.7. The summed E-state index contributed by atoms with van der Waals surface area (Å²) in [5.74, 6) is 1.31. The van der Waals surface area contributed by atoms with Gasteiger partial charge in [0.05, 0.1) is 12.6 Å². The molecule has 0 saturated carbocycles. The monoisotopic (exact) mass is 305 g/mol. The summed E-state index contributed by atoms with van der Waals surface area (Å²) in [6.45, 7) is 6.27. The summed E-state index contributed by atoms with van der Waals surface area (Å²) in [7, 11) is 2.02. The summed E-state index contributed by atoms with van der Waals surface area (Å²) in [6, 6.07) is 0.563. The van der Waals surface area contributed by atoms with Crippen LogP contribution in [0, 0.1) is 0 Å². The van der Waals surface area contributed by atoms with Gasteiger partial charge < -0.3 is 14.8 Å². The van der Waals surface area contributed by atoms with Crippen LogP contribution < -0.4 is 5.32 Å². The number of hydrogen-bond acceptors (Lipinski definition) is 4. The highest BCUT2D eigenvalue weighted by atomic mass is 16.2. The maximum Gasteiger partial charge on any atom is 0.237 e. The molecule has 1 aromatic heterocycles. The summed E-state index contributed by atoms with van der Waals surface area (Å²) >= 11 is 0. The molecule has 0 bridgehead atoms. The number of imidazole rings is 1. The van der Waals surface area contributed by atoms with E-state index in [1.54, 1.807) is 0 Å². The minimum absolute atomic E-state index is 0.179. The van der Waals surface area contributed by atoms with Crippen LogP contribution in [-0.2, 0) is 11.8 Å². The number of carbonyl (C=O) groups excluding carboxylic acids is 1. The van der Waals surface area contributed by atoms with E-state index in [-0.39, 0.29) is 11.9 Å². The van der Waals surface area contributed by atoms with Crippen LogP contribution >= 0.6 is 0 Å². The van der Waals surface area contributed by atoms with Crippen LogP contribution in [0.4, 0.5) is 0 Å². The van der Waals surface area contributed by atoms with Gasteiger partial charge in [0.25, 0.3) is 0 Å². The molecule has 2 aliphatic heterocycles. The molecular formula is C16H27N5O. The van der Waals surface area contributed by atoms with Crippen LogP contribution in [0.2, 0.25) is 0 Å². The molecule has 0 aliphatic carbocycles. The van der Waals surface area contributed by atoms with Gasteiger partial charge in [-0.05, 0) is 26.2 Å². The van der Waals surface area contributed by atoms with Crippen molar-refractivity contribution in [3.63, 3.8) is 0 Å². The smallest absolute Gasteiger partial charge is 0.237 e. The number of aryl methyl sites for hydroxylation is 1. The fourth-order valence-corrected chi connectivity index (χ4v) is 3.62. The van der Waals surface area contributed by atoms with Crippen molar-refractivity contribution in [3.8, 4) is 0 Å². The summed E-state index contributed by atoms with van der Waals surface area (Å²) in [4.78, 5) is 21.5.